The first-order valence-electron chi connectivity index (χ1n) is 8.16. The molecule has 0 aliphatic carbocycles. The molecule has 0 saturated carbocycles. The monoisotopic (exact) mass is 353 g/mol. The molecule has 0 bridgehead atoms. The average molecular weight is 353 g/mol. The number of Topliss-reactive ketones (excluding diaryl/α,β-unsaturated/α-hetero) is 2. The zero-order chi connectivity index (χ0) is 18.8. The minimum absolute atomic E-state index is 0.0690. The van der Waals surface area contributed by atoms with Gasteiger partial charge in [-0.25, -0.2) is 0 Å². The second-order valence-electron chi connectivity index (χ2n) is 6.07. The second-order valence-corrected chi connectivity index (χ2v) is 6.07. The van der Waals surface area contributed by atoms with Crippen LogP contribution in [-0.4, -0.2) is 32.9 Å². The Hall–Kier alpha value is -3.22. The molecule has 0 spiro atoms. The summed E-state index contributed by atoms with van der Waals surface area (Å²) in [7, 11) is 0. The van der Waals surface area contributed by atoms with Crippen LogP contribution < -0.4 is 4.74 Å². The molecule has 1 N–H and O–H groups in total. The van der Waals surface area contributed by atoms with Crippen molar-refractivity contribution in [3.8, 4) is 17.2 Å². The highest BCUT2D eigenvalue weighted by molar-refractivity contribution is 6.04. The lowest BCUT2D eigenvalue weighted by Gasteiger charge is -2.13. The number of nitrogens with zero attached hydrogens (tertiary/aromatic N) is 2. The van der Waals surface area contributed by atoms with E-state index in [0.717, 1.165) is 5.56 Å². The molecular weight excluding hydrogens is 334 g/mol. The summed E-state index contributed by atoms with van der Waals surface area (Å²) < 4.78 is 10.9. The summed E-state index contributed by atoms with van der Waals surface area (Å²) in [6, 6.07) is 7.02. The number of benzene rings is 1. The average Bonchev–Trinajstić information content (AvgIpc) is 3.23. The summed E-state index contributed by atoms with van der Waals surface area (Å²) in [5.41, 5.74) is 3.07. The molecule has 2 aromatic heterocycles. The highest BCUT2D eigenvalue weighted by atomic mass is 16.5. The van der Waals surface area contributed by atoms with E-state index in [9.17, 15) is 9.59 Å². The van der Waals surface area contributed by atoms with Gasteiger partial charge in [-0.1, -0.05) is 0 Å². The first-order chi connectivity index (χ1) is 12.4. The van der Waals surface area contributed by atoms with Crippen LogP contribution in [0.25, 0.3) is 11.5 Å². The molecule has 0 saturated heterocycles. The van der Waals surface area contributed by atoms with Crippen molar-refractivity contribution in [3.63, 3.8) is 0 Å². The van der Waals surface area contributed by atoms with Gasteiger partial charge >= 0.3 is 0 Å². The SMILES string of the molecule is CC(=O)c1c(C)[nH]c(C(=O)[C@H](C)Oc2ccc(-c3nnco3)cc2)c1C. The fraction of sp³-hybridized carbons (Fsp3) is 0.263. The molecule has 0 aliphatic heterocycles. The van der Waals surface area contributed by atoms with E-state index >= 15 is 0 Å². The van der Waals surface area contributed by atoms with Crippen molar-refractivity contribution >= 4 is 11.6 Å². The number of aromatic nitrogens is 3. The zero-order valence-corrected chi connectivity index (χ0v) is 15.0. The minimum atomic E-state index is -0.708. The summed E-state index contributed by atoms with van der Waals surface area (Å²) in [5.74, 6) is 0.677. The Bertz CT molecular complexity index is 940. The number of aryl methyl sites for hydroxylation is 1. The van der Waals surface area contributed by atoms with E-state index in [4.69, 9.17) is 9.15 Å². The minimum Gasteiger partial charge on any atom is -0.483 e. The second kappa shape index (κ2) is 6.95. The number of hydrogen-bond donors (Lipinski definition) is 1. The Morgan fingerprint density at radius 3 is 2.42 bits per heavy atom. The summed E-state index contributed by atoms with van der Waals surface area (Å²) >= 11 is 0. The summed E-state index contributed by atoms with van der Waals surface area (Å²) in [5, 5.41) is 7.47. The predicted octanol–water partition coefficient (Wildman–Crippen LogP) is 3.53. The smallest absolute Gasteiger partial charge is 0.247 e. The van der Waals surface area contributed by atoms with Crippen LogP contribution >= 0.6 is 0 Å². The van der Waals surface area contributed by atoms with Crippen molar-refractivity contribution in [3.05, 3.63) is 53.2 Å². The maximum absolute atomic E-state index is 12.7. The number of ketones is 2. The van der Waals surface area contributed by atoms with Gasteiger partial charge in [0.25, 0.3) is 0 Å². The van der Waals surface area contributed by atoms with Gasteiger partial charge in [-0.3, -0.25) is 9.59 Å². The molecule has 0 aliphatic rings. The van der Waals surface area contributed by atoms with E-state index in [1.807, 2.05) is 0 Å². The van der Waals surface area contributed by atoms with Gasteiger partial charge in [0.1, 0.15) is 5.75 Å². The molecule has 7 heteroatoms. The van der Waals surface area contributed by atoms with Crippen molar-refractivity contribution in [2.24, 2.45) is 0 Å². The Morgan fingerprint density at radius 2 is 1.88 bits per heavy atom. The van der Waals surface area contributed by atoms with Crippen LogP contribution in [-0.2, 0) is 0 Å². The van der Waals surface area contributed by atoms with E-state index in [2.05, 4.69) is 15.2 Å². The number of carbonyl (C=O) groups excluding carboxylic acids is 2. The summed E-state index contributed by atoms with van der Waals surface area (Å²) in [4.78, 5) is 27.5. The summed E-state index contributed by atoms with van der Waals surface area (Å²) in [6.07, 6.45) is 0.553. The molecule has 1 aromatic carbocycles. The van der Waals surface area contributed by atoms with Crippen LogP contribution in [0.1, 0.15) is 46.0 Å². The van der Waals surface area contributed by atoms with Gasteiger partial charge in [-0.15, -0.1) is 10.2 Å². The number of H-pyrrole nitrogens is 1. The number of nitrogens with one attached hydrogen (secondary N) is 1. The third-order valence-electron chi connectivity index (χ3n) is 4.18. The lowest BCUT2D eigenvalue weighted by molar-refractivity contribution is 0.0812. The topological polar surface area (TPSA) is 98.1 Å². The molecule has 134 valence electrons. The molecule has 0 amide bonds. The van der Waals surface area contributed by atoms with E-state index < -0.39 is 6.10 Å². The molecule has 2 heterocycles. The first-order valence-corrected chi connectivity index (χ1v) is 8.16. The van der Waals surface area contributed by atoms with E-state index in [1.165, 1.54) is 13.3 Å². The van der Waals surface area contributed by atoms with Gasteiger partial charge in [0.05, 0.1) is 5.69 Å². The van der Waals surface area contributed by atoms with Crippen LogP contribution in [0.5, 0.6) is 5.75 Å². The number of rotatable bonds is 6. The van der Waals surface area contributed by atoms with Crippen LogP contribution in [0.15, 0.2) is 35.1 Å². The molecule has 0 unspecified atom stereocenters. The Balaban J connectivity index is 1.76. The lowest BCUT2D eigenvalue weighted by atomic mass is 10.0. The zero-order valence-electron chi connectivity index (χ0n) is 15.0. The van der Waals surface area contributed by atoms with Gasteiger partial charge < -0.3 is 14.1 Å². The van der Waals surface area contributed by atoms with Crippen LogP contribution in [0.2, 0.25) is 0 Å². The van der Waals surface area contributed by atoms with Gasteiger partial charge in [0.2, 0.25) is 18.1 Å². The van der Waals surface area contributed by atoms with Crippen molar-refractivity contribution in [1.82, 2.24) is 15.2 Å². The van der Waals surface area contributed by atoms with Gasteiger partial charge in [0, 0.05) is 16.8 Å². The lowest BCUT2D eigenvalue weighted by Crippen LogP contribution is -2.25. The predicted molar refractivity (Wildman–Crippen MR) is 94.4 cm³/mol. The molecule has 3 aromatic rings. The van der Waals surface area contributed by atoms with Crippen molar-refractivity contribution in [1.29, 1.82) is 0 Å². The Morgan fingerprint density at radius 1 is 1.19 bits per heavy atom. The molecule has 26 heavy (non-hydrogen) atoms. The van der Waals surface area contributed by atoms with E-state index in [0.29, 0.717) is 34.2 Å². The van der Waals surface area contributed by atoms with Gasteiger partial charge in [-0.2, -0.15) is 0 Å². The molecule has 0 radical (unpaired) electrons. The first kappa shape index (κ1) is 17.6. The number of hydrogen-bond acceptors (Lipinski definition) is 6. The highest BCUT2D eigenvalue weighted by Crippen LogP contribution is 2.23. The Labute approximate surface area is 150 Å². The number of ether oxygens (including phenoxy) is 1. The quantitative estimate of drug-likeness (QED) is 0.681. The normalized spacial score (nSPS) is 12.0. The maximum atomic E-state index is 12.7. The van der Waals surface area contributed by atoms with Crippen molar-refractivity contribution in [2.75, 3.05) is 0 Å². The standard InChI is InChI=1S/C19H19N3O4/c1-10-16(12(3)23)11(2)21-17(10)18(24)13(4)26-15-7-5-14(6-8-15)19-22-20-9-25-19/h5-9,13,21H,1-4H3/t13-/m0/s1. The van der Waals surface area contributed by atoms with Crippen LogP contribution in [0.3, 0.4) is 0 Å². The molecular formula is C19H19N3O4. The maximum Gasteiger partial charge on any atom is 0.247 e. The van der Waals surface area contributed by atoms with Gasteiger partial charge in [-0.05, 0) is 57.5 Å². The Kier molecular flexibility index (Phi) is 4.71. The molecule has 3 rings (SSSR count). The third kappa shape index (κ3) is 3.28. The molecule has 1 atom stereocenters. The molecule has 7 nitrogen and oxygen atoms in total. The van der Waals surface area contributed by atoms with Crippen molar-refractivity contribution < 1.29 is 18.7 Å². The van der Waals surface area contributed by atoms with Crippen molar-refractivity contribution in [2.45, 2.75) is 33.8 Å². The highest BCUT2D eigenvalue weighted by Gasteiger charge is 2.24. The van der Waals surface area contributed by atoms with Crippen LogP contribution in [0.4, 0.5) is 0 Å². The number of aromatic amines is 1. The summed E-state index contributed by atoms with van der Waals surface area (Å²) in [6.45, 7) is 6.71. The largest absolute Gasteiger partial charge is 0.483 e. The van der Waals surface area contributed by atoms with Crippen LogP contribution in [0, 0.1) is 13.8 Å². The fourth-order valence-corrected chi connectivity index (χ4v) is 2.96. The fourth-order valence-electron chi connectivity index (χ4n) is 2.96. The number of carbonyl (C=O) groups is 2. The van der Waals surface area contributed by atoms with E-state index in [-0.39, 0.29) is 11.6 Å². The molecule has 0 fully saturated rings. The van der Waals surface area contributed by atoms with Gasteiger partial charge in [0.15, 0.2) is 11.9 Å². The third-order valence-corrected chi connectivity index (χ3v) is 4.18. The van der Waals surface area contributed by atoms with E-state index in [1.54, 1.807) is 45.0 Å².